The van der Waals surface area contributed by atoms with Crippen LogP contribution in [0.2, 0.25) is 0 Å². The lowest BCUT2D eigenvalue weighted by atomic mass is 10.1. The zero-order valence-corrected chi connectivity index (χ0v) is 13.2. The fourth-order valence-electron chi connectivity index (χ4n) is 2.54. The van der Waals surface area contributed by atoms with Crippen LogP contribution in [0.15, 0.2) is 77.4 Å². The molecule has 0 atom stereocenters. The number of nitrogens with zero attached hydrogens (tertiary/aromatic N) is 1. The first-order valence-corrected chi connectivity index (χ1v) is 7.80. The van der Waals surface area contributed by atoms with E-state index in [1.54, 1.807) is 35.4 Å². The maximum absolute atomic E-state index is 13.8. The van der Waals surface area contributed by atoms with Crippen molar-refractivity contribution in [1.82, 2.24) is 4.90 Å². The van der Waals surface area contributed by atoms with Crippen molar-refractivity contribution in [3.63, 3.8) is 0 Å². The van der Waals surface area contributed by atoms with Gasteiger partial charge >= 0.3 is 0 Å². The number of carbonyl (C=O) groups is 1. The molecule has 0 N–H and O–H groups in total. The van der Waals surface area contributed by atoms with Crippen molar-refractivity contribution in [2.24, 2.45) is 0 Å². The molecule has 3 aromatic rings. The molecule has 1 aromatic heterocycles. The van der Waals surface area contributed by atoms with Gasteiger partial charge in [-0.2, -0.15) is 0 Å². The van der Waals surface area contributed by atoms with Gasteiger partial charge in [-0.15, -0.1) is 0 Å². The third-order valence-corrected chi connectivity index (χ3v) is 3.80. The summed E-state index contributed by atoms with van der Waals surface area (Å²) in [5.74, 6) is 0.205. The lowest BCUT2D eigenvalue weighted by Crippen LogP contribution is -2.31. The van der Waals surface area contributed by atoms with Gasteiger partial charge in [0.1, 0.15) is 11.6 Å². The maximum atomic E-state index is 13.8. The van der Waals surface area contributed by atoms with Crippen LogP contribution in [0.4, 0.5) is 4.39 Å². The second-order valence-corrected chi connectivity index (χ2v) is 5.58. The zero-order chi connectivity index (χ0) is 16.8. The molecule has 0 fully saturated rings. The highest BCUT2D eigenvalue weighted by Crippen LogP contribution is 2.14. The van der Waals surface area contributed by atoms with E-state index in [1.165, 1.54) is 6.07 Å². The molecule has 4 heteroatoms. The Bertz CT molecular complexity index is 784. The van der Waals surface area contributed by atoms with Gasteiger partial charge in [0.2, 0.25) is 5.91 Å². The van der Waals surface area contributed by atoms with Crippen LogP contribution in [-0.4, -0.2) is 10.8 Å². The quantitative estimate of drug-likeness (QED) is 0.681. The summed E-state index contributed by atoms with van der Waals surface area (Å²) in [5, 5.41) is 0. The van der Waals surface area contributed by atoms with E-state index in [9.17, 15) is 9.18 Å². The molecular weight excluding hydrogens is 305 g/mol. The Balaban J connectivity index is 1.77. The smallest absolute Gasteiger partial charge is 0.227 e. The fourth-order valence-corrected chi connectivity index (χ4v) is 2.54. The molecule has 0 saturated carbocycles. The molecule has 0 aliphatic heterocycles. The van der Waals surface area contributed by atoms with E-state index in [4.69, 9.17) is 4.42 Å². The molecule has 1 heterocycles. The van der Waals surface area contributed by atoms with Crippen molar-refractivity contribution in [3.8, 4) is 0 Å². The highest BCUT2D eigenvalue weighted by Gasteiger charge is 2.17. The van der Waals surface area contributed by atoms with Crippen molar-refractivity contribution in [2.45, 2.75) is 19.5 Å². The number of hydrogen-bond donors (Lipinski definition) is 0. The second kappa shape index (κ2) is 7.59. The van der Waals surface area contributed by atoms with Crippen LogP contribution in [0.3, 0.4) is 0 Å². The van der Waals surface area contributed by atoms with Gasteiger partial charge in [0.05, 0.1) is 19.2 Å². The Kier molecular flexibility index (Phi) is 5.06. The largest absolute Gasteiger partial charge is 0.467 e. The standard InChI is InChI=1S/C20H18FNO2/c21-19-11-5-4-9-17(19)13-20(23)22(15-18-10-6-12-24-18)14-16-7-2-1-3-8-16/h1-12H,13-15H2. The van der Waals surface area contributed by atoms with Gasteiger partial charge in [0, 0.05) is 6.54 Å². The number of amides is 1. The summed E-state index contributed by atoms with van der Waals surface area (Å²) in [6.07, 6.45) is 1.61. The first-order valence-electron chi connectivity index (χ1n) is 7.80. The second-order valence-electron chi connectivity index (χ2n) is 5.58. The van der Waals surface area contributed by atoms with E-state index in [0.717, 1.165) is 5.56 Å². The molecule has 0 radical (unpaired) electrons. The minimum atomic E-state index is -0.358. The minimum Gasteiger partial charge on any atom is -0.467 e. The highest BCUT2D eigenvalue weighted by molar-refractivity contribution is 5.78. The number of hydrogen-bond acceptors (Lipinski definition) is 2. The van der Waals surface area contributed by atoms with E-state index in [1.807, 2.05) is 36.4 Å². The van der Waals surface area contributed by atoms with E-state index in [0.29, 0.717) is 24.4 Å². The van der Waals surface area contributed by atoms with Gasteiger partial charge in [-0.1, -0.05) is 48.5 Å². The predicted octanol–water partition coefficient (Wildman–Crippen LogP) is 4.19. The average molecular weight is 323 g/mol. The van der Waals surface area contributed by atoms with Gasteiger partial charge in [0.25, 0.3) is 0 Å². The van der Waals surface area contributed by atoms with E-state index in [-0.39, 0.29) is 18.1 Å². The van der Waals surface area contributed by atoms with E-state index < -0.39 is 0 Å². The summed E-state index contributed by atoms with van der Waals surface area (Å²) in [5.41, 5.74) is 1.42. The molecule has 0 spiro atoms. The molecule has 3 rings (SSSR count). The van der Waals surface area contributed by atoms with Crippen molar-refractivity contribution in [3.05, 3.63) is 95.7 Å². The number of halogens is 1. The van der Waals surface area contributed by atoms with Crippen molar-refractivity contribution in [2.75, 3.05) is 0 Å². The van der Waals surface area contributed by atoms with Crippen LogP contribution in [-0.2, 0) is 24.3 Å². The predicted molar refractivity (Wildman–Crippen MR) is 89.5 cm³/mol. The molecule has 0 bridgehead atoms. The van der Waals surface area contributed by atoms with Crippen LogP contribution in [0, 0.1) is 5.82 Å². The molecule has 0 aliphatic carbocycles. The van der Waals surface area contributed by atoms with Gasteiger partial charge < -0.3 is 9.32 Å². The summed E-state index contributed by atoms with van der Waals surface area (Å²) >= 11 is 0. The number of carbonyl (C=O) groups excluding carboxylic acids is 1. The number of rotatable bonds is 6. The normalized spacial score (nSPS) is 10.5. The molecule has 0 aliphatic rings. The van der Waals surface area contributed by atoms with E-state index in [2.05, 4.69) is 0 Å². The SMILES string of the molecule is O=C(Cc1ccccc1F)N(Cc1ccccc1)Cc1ccco1. The number of benzene rings is 2. The molecule has 0 saturated heterocycles. The molecular formula is C20H18FNO2. The Hall–Kier alpha value is -2.88. The summed E-state index contributed by atoms with van der Waals surface area (Å²) in [4.78, 5) is 14.4. The monoisotopic (exact) mass is 323 g/mol. The Morgan fingerprint density at radius 2 is 1.67 bits per heavy atom. The molecule has 1 amide bonds. The molecule has 122 valence electrons. The first-order chi connectivity index (χ1) is 11.7. The molecule has 0 unspecified atom stereocenters. The topological polar surface area (TPSA) is 33.5 Å². The Labute approximate surface area is 140 Å². The Morgan fingerprint density at radius 3 is 2.38 bits per heavy atom. The summed E-state index contributed by atoms with van der Waals surface area (Å²) in [7, 11) is 0. The summed E-state index contributed by atoms with van der Waals surface area (Å²) in [6.45, 7) is 0.810. The Morgan fingerprint density at radius 1 is 0.917 bits per heavy atom. The van der Waals surface area contributed by atoms with Crippen LogP contribution in [0.25, 0.3) is 0 Å². The summed E-state index contributed by atoms with van der Waals surface area (Å²) < 4.78 is 19.2. The van der Waals surface area contributed by atoms with Gasteiger partial charge in [0.15, 0.2) is 0 Å². The van der Waals surface area contributed by atoms with Gasteiger partial charge in [-0.25, -0.2) is 4.39 Å². The van der Waals surface area contributed by atoms with E-state index >= 15 is 0 Å². The maximum Gasteiger partial charge on any atom is 0.227 e. The van der Waals surface area contributed by atoms with Crippen LogP contribution in [0.1, 0.15) is 16.9 Å². The van der Waals surface area contributed by atoms with Crippen molar-refractivity contribution < 1.29 is 13.6 Å². The molecule has 3 nitrogen and oxygen atoms in total. The fraction of sp³-hybridized carbons (Fsp3) is 0.150. The zero-order valence-electron chi connectivity index (χ0n) is 13.2. The minimum absolute atomic E-state index is 0.0280. The lowest BCUT2D eigenvalue weighted by Gasteiger charge is -2.22. The van der Waals surface area contributed by atoms with Crippen LogP contribution in [0.5, 0.6) is 0 Å². The summed E-state index contributed by atoms with van der Waals surface area (Å²) in [6, 6.07) is 19.7. The lowest BCUT2D eigenvalue weighted by molar-refractivity contribution is -0.132. The van der Waals surface area contributed by atoms with Crippen LogP contribution >= 0.6 is 0 Å². The van der Waals surface area contributed by atoms with Gasteiger partial charge in [-0.05, 0) is 29.3 Å². The molecule has 24 heavy (non-hydrogen) atoms. The van der Waals surface area contributed by atoms with Gasteiger partial charge in [-0.3, -0.25) is 4.79 Å². The number of furan rings is 1. The van der Waals surface area contributed by atoms with Crippen molar-refractivity contribution in [1.29, 1.82) is 0 Å². The molecule has 2 aromatic carbocycles. The highest BCUT2D eigenvalue weighted by atomic mass is 19.1. The first kappa shape index (κ1) is 16.0. The third kappa shape index (κ3) is 4.10. The van der Waals surface area contributed by atoms with Crippen molar-refractivity contribution >= 4 is 5.91 Å². The average Bonchev–Trinajstić information content (AvgIpc) is 3.10. The third-order valence-electron chi connectivity index (χ3n) is 3.80. The van der Waals surface area contributed by atoms with Crippen LogP contribution < -0.4 is 0 Å².